The predicted octanol–water partition coefficient (Wildman–Crippen LogP) is 4.21. The molecule has 0 unspecified atom stereocenters. The third-order valence-corrected chi connectivity index (χ3v) is 6.75. The summed E-state index contributed by atoms with van der Waals surface area (Å²) >= 11 is 13.7. The molecule has 6 nitrogen and oxygen atoms in total. The van der Waals surface area contributed by atoms with E-state index in [1.54, 1.807) is 23.9 Å². The first-order valence-electron chi connectivity index (χ1n) is 9.11. The molecular weight excluding hydrogens is 467 g/mol. The fourth-order valence-electron chi connectivity index (χ4n) is 2.64. The molecule has 0 heterocycles. The van der Waals surface area contributed by atoms with Crippen molar-refractivity contribution in [3.05, 3.63) is 58.1 Å². The van der Waals surface area contributed by atoms with Gasteiger partial charge in [-0.2, -0.15) is 11.8 Å². The number of carbonyl (C=O) groups excluding carboxylic acids is 1. The maximum absolute atomic E-state index is 12.3. The van der Waals surface area contributed by atoms with Gasteiger partial charge in [-0.1, -0.05) is 35.3 Å². The molecule has 0 bridgehead atoms. The van der Waals surface area contributed by atoms with Gasteiger partial charge < -0.3 is 10.1 Å². The molecule has 2 aromatic carbocycles. The van der Waals surface area contributed by atoms with E-state index in [4.69, 9.17) is 27.9 Å². The summed E-state index contributed by atoms with van der Waals surface area (Å²) in [6, 6.07) is 12.3. The highest BCUT2D eigenvalue weighted by Gasteiger charge is 2.24. The maximum atomic E-state index is 12.3. The van der Waals surface area contributed by atoms with E-state index in [0.29, 0.717) is 22.3 Å². The van der Waals surface area contributed by atoms with Crippen LogP contribution in [0.1, 0.15) is 12.0 Å². The molecule has 0 aliphatic carbocycles. The van der Waals surface area contributed by atoms with Crippen molar-refractivity contribution in [2.24, 2.45) is 0 Å². The summed E-state index contributed by atoms with van der Waals surface area (Å²) in [5.74, 6) is 1.60. The van der Waals surface area contributed by atoms with Crippen molar-refractivity contribution in [2.75, 3.05) is 36.5 Å². The second-order valence-corrected chi connectivity index (χ2v) is 10.4. The van der Waals surface area contributed by atoms with Crippen molar-refractivity contribution in [3.63, 3.8) is 0 Å². The van der Waals surface area contributed by atoms with Gasteiger partial charge in [0.2, 0.25) is 15.9 Å². The highest BCUT2D eigenvalue weighted by atomic mass is 35.5. The first-order valence-corrected chi connectivity index (χ1v) is 12.9. The molecule has 0 aliphatic rings. The minimum atomic E-state index is -3.72. The molecule has 164 valence electrons. The summed E-state index contributed by atoms with van der Waals surface area (Å²) in [4.78, 5) is 12.3. The Morgan fingerprint density at radius 3 is 2.57 bits per heavy atom. The van der Waals surface area contributed by atoms with Gasteiger partial charge in [0.05, 0.1) is 19.1 Å². The summed E-state index contributed by atoms with van der Waals surface area (Å²) in [6.07, 6.45) is 1.80. The molecule has 0 saturated carbocycles. The highest BCUT2D eigenvalue weighted by molar-refractivity contribution is 7.98. The Morgan fingerprint density at radius 1 is 1.17 bits per heavy atom. The van der Waals surface area contributed by atoms with Crippen LogP contribution in [0.4, 0.5) is 5.69 Å². The molecule has 0 saturated heterocycles. The van der Waals surface area contributed by atoms with Gasteiger partial charge >= 0.3 is 0 Å². The Hall–Kier alpha value is -1.61. The number of halogens is 2. The molecule has 2 aromatic rings. The van der Waals surface area contributed by atoms with Gasteiger partial charge in [-0.3, -0.25) is 9.10 Å². The second kappa shape index (κ2) is 11.7. The highest BCUT2D eigenvalue weighted by Crippen LogP contribution is 2.32. The molecule has 0 spiro atoms. The number of rotatable bonds is 11. The minimum absolute atomic E-state index is 0.222. The largest absolute Gasteiger partial charge is 0.495 e. The van der Waals surface area contributed by atoms with E-state index in [0.717, 1.165) is 34.1 Å². The number of thioether (sulfide) groups is 1. The Balaban J connectivity index is 1.85. The number of nitrogens with one attached hydrogen (secondary N) is 1. The lowest BCUT2D eigenvalue weighted by Gasteiger charge is -2.24. The van der Waals surface area contributed by atoms with E-state index in [1.807, 2.05) is 24.3 Å². The number of hydrogen-bond acceptors (Lipinski definition) is 5. The van der Waals surface area contributed by atoms with Crippen LogP contribution in [-0.4, -0.2) is 46.5 Å². The molecule has 10 heteroatoms. The minimum Gasteiger partial charge on any atom is -0.495 e. The zero-order valence-corrected chi connectivity index (χ0v) is 19.9. The molecule has 1 N–H and O–H groups in total. The van der Waals surface area contributed by atoms with Gasteiger partial charge in [-0.15, -0.1) is 0 Å². The molecule has 0 aromatic heterocycles. The van der Waals surface area contributed by atoms with Crippen molar-refractivity contribution in [1.82, 2.24) is 5.32 Å². The molecule has 0 radical (unpaired) electrons. The summed E-state index contributed by atoms with van der Waals surface area (Å²) in [7, 11) is -2.29. The lowest BCUT2D eigenvalue weighted by molar-refractivity contribution is -0.119. The van der Waals surface area contributed by atoms with Gasteiger partial charge in [-0.05, 0) is 48.1 Å². The summed E-state index contributed by atoms with van der Waals surface area (Å²) < 4.78 is 30.7. The zero-order chi connectivity index (χ0) is 22.1. The third-order valence-electron chi connectivity index (χ3n) is 4.04. The van der Waals surface area contributed by atoms with Gasteiger partial charge in [0.25, 0.3) is 0 Å². The standard InChI is InChI=1S/C20H24Cl2N2O4S2/c1-28-19-8-7-17(22)12-18(19)24(30(2,26)27)13-20(25)23-9-4-10-29-14-15-5-3-6-16(21)11-15/h3,5-8,11-12H,4,9-10,13-14H2,1-2H3,(H,23,25). The number of hydrogen-bond donors (Lipinski definition) is 1. The molecule has 1 amide bonds. The van der Waals surface area contributed by atoms with E-state index < -0.39 is 15.9 Å². The van der Waals surface area contributed by atoms with Crippen molar-refractivity contribution in [3.8, 4) is 5.75 Å². The van der Waals surface area contributed by atoms with Gasteiger partial charge in [0, 0.05) is 22.3 Å². The number of anilines is 1. The van der Waals surface area contributed by atoms with Crippen molar-refractivity contribution in [2.45, 2.75) is 12.2 Å². The number of sulfonamides is 1. The van der Waals surface area contributed by atoms with Crippen molar-refractivity contribution >= 4 is 56.6 Å². The van der Waals surface area contributed by atoms with Crippen LogP contribution in [-0.2, 0) is 20.6 Å². The number of nitrogens with zero attached hydrogens (tertiary/aromatic N) is 1. The SMILES string of the molecule is COc1ccc(Cl)cc1N(CC(=O)NCCCSCc1cccc(Cl)c1)S(C)(=O)=O. The molecule has 0 aliphatic heterocycles. The second-order valence-electron chi connectivity index (χ2n) is 6.47. The molecule has 30 heavy (non-hydrogen) atoms. The number of methoxy groups -OCH3 is 1. The quantitative estimate of drug-likeness (QED) is 0.477. The Morgan fingerprint density at radius 2 is 1.90 bits per heavy atom. The predicted molar refractivity (Wildman–Crippen MR) is 125 cm³/mol. The van der Waals surface area contributed by atoms with Crippen LogP contribution in [0.25, 0.3) is 0 Å². The first kappa shape index (κ1) is 24.7. The molecule has 0 fully saturated rings. The van der Waals surface area contributed by atoms with Crippen LogP contribution in [0.15, 0.2) is 42.5 Å². The number of amides is 1. The Kier molecular flexibility index (Phi) is 9.61. The smallest absolute Gasteiger partial charge is 0.240 e. The maximum Gasteiger partial charge on any atom is 0.240 e. The van der Waals surface area contributed by atoms with E-state index in [9.17, 15) is 13.2 Å². The van der Waals surface area contributed by atoms with Crippen molar-refractivity contribution in [1.29, 1.82) is 0 Å². The van der Waals surface area contributed by atoms with Crippen LogP contribution >= 0.6 is 35.0 Å². The van der Waals surface area contributed by atoms with Crippen LogP contribution in [0.2, 0.25) is 10.0 Å². The van der Waals surface area contributed by atoms with Crippen LogP contribution < -0.4 is 14.4 Å². The Bertz CT molecular complexity index is 971. The zero-order valence-electron chi connectivity index (χ0n) is 16.7. The van der Waals surface area contributed by atoms with E-state index in [-0.39, 0.29) is 12.2 Å². The van der Waals surface area contributed by atoms with Crippen LogP contribution in [0.5, 0.6) is 5.75 Å². The monoisotopic (exact) mass is 490 g/mol. The van der Waals surface area contributed by atoms with Gasteiger partial charge in [0.15, 0.2) is 0 Å². The fraction of sp³-hybridized carbons (Fsp3) is 0.350. The summed E-state index contributed by atoms with van der Waals surface area (Å²) in [5.41, 5.74) is 1.37. The van der Waals surface area contributed by atoms with Crippen LogP contribution in [0.3, 0.4) is 0 Å². The first-order chi connectivity index (χ1) is 14.2. The lowest BCUT2D eigenvalue weighted by atomic mass is 10.2. The van der Waals surface area contributed by atoms with Gasteiger partial charge in [-0.25, -0.2) is 8.42 Å². The number of ether oxygens (including phenoxy) is 1. The lowest BCUT2D eigenvalue weighted by Crippen LogP contribution is -2.40. The number of carbonyl (C=O) groups is 1. The summed E-state index contributed by atoms with van der Waals surface area (Å²) in [5, 5.41) is 3.82. The van der Waals surface area contributed by atoms with Gasteiger partial charge in [0.1, 0.15) is 12.3 Å². The normalized spacial score (nSPS) is 11.2. The topological polar surface area (TPSA) is 75.7 Å². The van der Waals surface area contributed by atoms with Crippen LogP contribution in [0, 0.1) is 0 Å². The average molecular weight is 491 g/mol. The van der Waals surface area contributed by atoms with Crippen molar-refractivity contribution < 1.29 is 17.9 Å². The molecule has 0 atom stereocenters. The summed E-state index contributed by atoms with van der Waals surface area (Å²) in [6.45, 7) is 0.0941. The molecular formula is C20H24Cl2N2O4S2. The third kappa shape index (κ3) is 7.91. The van der Waals surface area contributed by atoms with E-state index in [2.05, 4.69) is 5.32 Å². The molecule has 2 rings (SSSR count). The average Bonchev–Trinajstić information content (AvgIpc) is 2.68. The fourth-order valence-corrected chi connectivity index (χ4v) is 4.78. The van der Waals surface area contributed by atoms with E-state index >= 15 is 0 Å². The van der Waals surface area contributed by atoms with E-state index in [1.165, 1.54) is 13.2 Å². The number of benzene rings is 2. The Labute approximate surface area is 191 Å².